The van der Waals surface area contributed by atoms with E-state index >= 15 is 0 Å². The molecule has 0 aliphatic heterocycles. The van der Waals surface area contributed by atoms with Gasteiger partial charge in [-0.15, -0.1) is 0 Å². The maximum Gasteiger partial charge on any atom is 0.336 e. The molecular weight excluding hydrogens is 360 g/mol. The summed E-state index contributed by atoms with van der Waals surface area (Å²) in [5.41, 5.74) is 1.60. The molecule has 0 aromatic heterocycles. The molecule has 2 aromatic carbocycles. The molecule has 5 heteroatoms. The maximum absolute atomic E-state index is 11.6. The highest BCUT2D eigenvalue weighted by Gasteiger charge is 2.11. The molecule has 0 aliphatic carbocycles. The highest BCUT2D eigenvalue weighted by molar-refractivity contribution is 9.10. The van der Waals surface area contributed by atoms with Crippen molar-refractivity contribution in [1.29, 1.82) is 0 Å². The summed E-state index contributed by atoms with van der Waals surface area (Å²) in [7, 11) is 1.57. The smallest absolute Gasteiger partial charge is 0.336 e. The summed E-state index contributed by atoms with van der Waals surface area (Å²) < 4.78 is 11.3. The van der Waals surface area contributed by atoms with Crippen LogP contribution in [0, 0.1) is 0 Å². The van der Waals surface area contributed by atoms with Crippen molar-refractivity contribution in [3.63, 3.8) is 0 Å². The number of rotatable bonds is 6. The number of methoxy groups -OCH3 is 1. The predicted octanol–water partition coefficient (Wildman–Crippen LogP) is 4.48. The Morgan fingerprint density at radius 2 is 1.91 bits per heavy atom. The second kappa shape index (κ2) is 7.83. The third kappa shape index (κ3) is 4.36. The molecule has 0 unspecified atom stereocenters. The van der Waals surface area contributed by atoms with Crippen molar-refractivity contribution >= 4 is 33.5 Å². The van der Waals surface area contributed by atoms with E-state index in [1.807, 2.05) is 25.1 Å². The van der Waals surface area contributed by atoms with Crippen molar-refractivity contribution in [1.82, 2.24) is 0 Å². The molecule has 1 N–H and O–H groups in total. The largest absolute Gasteiger partial charge is 0.497 e. The molecule has 0 amide bonds. The molecule has 23 heavy (non-hydrogen) atoms. The van der Waals surface area contributed by atoms with E-state index in [9.17, 15) is 9.90 Å². The lowest BCUT2D eigenvalue weighted by Crippen LogP contribution is -2.00. The van der Waals surface area contributed by atoms with Crippen LogP contribution in [0.25, 0.3) is 11.6 Å². The van der Waals surface area contributed by atoms with Crippen LogP contribution >= 0.6 is 15.9 Å². The number of carbonyl (C=O) groups is 1. The van der Waals surface area contributed by atoms with Crippen molar-refractivity contribution in [3.05, 3.63) is 58.1 Å². The Morgan fingerprint density at radius 1 is 1.22 bits per heavy atom. The molecule has 2 aromatic rings. The monoisotopic (exact) mass is 376 g/mol. The summed E-state index contributed by atoms with van der Waals surface area (Å²) in [6, 6.07) is 12.4. The summed E-state index contributed by atoms with van der Waals surface area (Å²) in [6.45, 7) is 2.48. The fraction of sp³-hybridized carbons (Fsp3) is 0.167. The number of benzene rings is 2. The minimum Gasteiger partial charge on any atom is -0.497 e. The number of hydrogen-bond acceptors (Lipinski definition) is 3. The summed E-state index contributed by atoms with van der Waals surface area (Å²) in [5, 5.41) is 9.49. The van der Waals surface area contributed by atoms with Crippen LogP contribution in [-0.4, -0.2) is 24.8 Å². The highest BCUT2D eigenvalue weighted by Crippen LogP contribution is 2.28. The Balaban J connectivity index is 2.38. The van der Waals surface area contributed by atoms with Crippen LogP contribution < -0.4 is 9.47 Å². The minimum absolute atomic E-state index is 0.212. The summed E-state index contributed by atoms with van der Waals surface area (Å²) >= 11 is 3.43. The van der Waals surface area contributed by atoms with Crippen molar-refractivity contribution < 1.29 is 19.4 Å². The molecule has 0 heterocycles. The van der Waals surface area contributed by atoms with Crippen LogP contribution in [-0.2, 0) is 4.79 Å². The van der Waals surface area contributed by atoms with E-state index < -0.39 is 5.97 Å². The van der Waals surface area contributed by atoms with Gasteiger partial charge in [0.25, 0.3) is 0 Å². The zero-order valence-electron chi connectivity index (χ0n) is 12.9. The number of ether oxygens (including phenoxy) is 2. The van der Waals surface area contributed by atoms with Crippen LogP contribution in [0.1, 0.15) is 18.1 Å². The Morgan fingerprint density at radius 3 is 2.43 bits per heavy atom. The third-order valence-corrected chi connectivity index (χ3v) is 3.82. The van der Waals surface area contributed by atoms with Gasteiger partial charge >= 0.3 is 5.97 Å². The van der Waals surface area contributed by atoms with Gasteiger partial charge in [0.05, 0.1) is 23.8 Å². The van der Waals surface area contributed by atoms with Gasteiger partial charge in [0.2, 0.25) is 0 Å². The van der Waals surface area contributed by atoms with Gasteiger partial charge < -0.3 is 14.6 Å². The van der Waals surface area contributed by atoms with Crippen LogP contribution in [0.2, 0.25) is 0 Å². The molecule has 0 bridgehead atoms. The standard InChI is InChI=1S/C18H17BrO4/c1-3-23-17-9-4-12(11-16(17)19)10-15(18(20)21)13-5-7-14(22-2)8-6-13/h4-11H,3H2,1-2H3,(H,20,21)/b15-10-. The Hall–Kier alpha value is -2.27. The van der Waals surface area contributed by atoms with E-state index in [2.05, 4.69) is 15.9 Å². The summed E-state index contributed by atoms with van der Waals surface area (Å²) in [4.78, 5) is 11.6. The average Bonchev–Trinajstić information content (AvgIpc) is 2.55. The molecule has 0 spiro atoms. The number of hydrogen-bond donors (Lipinski definition) is 1. The Bertz CT molecular complexity index is 720. The highest BCUT2D eigenvalue weighted by atomic mass is 79.9. The molecule has 0 radical (unpaired) electrons. The fourth-order valence-corrected chi connectivity index (χ4v) is 2.60. The van der Waals surface area contributed by atoms with E-state index in [4.69, 9.17) is 9.47 Å². The van der Waals surface area contributed by atoms with Gasteiger partial charge in [0, 0.05) is 0 Å². The Kier molecular flexibility index (Phi) is 5.82. The van der Waals surface area contributed by atoms with Gasteiger partial charge in [0.1, 0.15) is 11.5 Å². The van der Waals surface area contributed by atoms with Crippen LogP contribution in [0.3, 0.4) is 0 Å². The zero-order chi connectivity index (χ0) is 16.8. The van der Waals surface area contributed by atoms with Gasteiger partial charge in [-0.3, -0.25) is 0 Å². The van der Waals surface area contributed by atoms with Gasteiger partial charge in [-0.2, -0.15) is 0 Å². The topological polar surface area (TPSA) is 55.8 Å². The van der Waals surface area contributed by atoms with E-state index in [1.54, 1.807) is 37.5 Å². The number of aliphatic carboxylic acids is 1. The van der Waals surface area contributed by atoms with Crippen LogP contribution in [0.15, 0.2) is 46.9 Å². The number of carboxylic acid groups (broad SMARTS) is 1. The average molecular weight is 377 g/mol. The first-order valence-corrected chi connectivity index (χ1v) is 7.86. The second-order valence-corrected chi connectivity index (χ2v) is 5.57. The first kappa shape index (κ1) is 17.1. The van der Waals surface area contributed by atoms with Crippen molar-refractivity contribution in [2.24, 2.45) is 0 Å². The van der Waals surface area contributed by atoms with Crippen molar-refractivity contribution in [3.8, 4) is 11.5 Å². The summed E-state index contributed by atoms with van der Waals surface area (Å²) in [5.74, 6) is 0.424. The molecule has 120 valence electrons. The van der Waals surface area contributed by atoms with Gasteiger partial charge in [-0.1, -0.05) is 18.2 Å². The SMILES string of the molecule is CCOc1ccc(/C=C(\C(=O)O)c2ccc(OC)cc2)cc1Br. The molecule has 4 nitrogen and oxygen atoms in total. The molecule has 0 saturated heterocycles. The quantitative estimate of drug-likeness (QED) is 0.596. The normalized spacial score (nSPS) is 11.2. The van der Waals surface area contributed by atoms with E-state index in [1.165, 1.54) is 0 Å². The molecular formula is C18H17BrO4. The molecule has 0 fully saturated rings. The van der Waals surface area contributed by atoms with Crippen molar-refractivity contribution in [2.45, 2.75) is 6.92 Å². The predicted molar refractivity (Wildman–Crippen MR) is 93.8 cm³/mol. The van der Waals surface area contributed by atoms with Crippen molar-refractivity contribution in [2.75, 3.05) is 13.7 Å². The lowest BCUT2D eigenvalue weighted by molar-refractivity contribution is -0.130. The first-order valence-electron chi connectivity index (χ1n) is 7.07. The van der Waals surface area contributed by atoms with Crippen LogP contribution in [0.5, 0.6) is 11.5 Å². The fourth-order valence-electron chi connectivity index (χ4n) is 2.09. The van der Waals surface area contributed by atoms with Crippen LogP contribution in [0.4, 0.5) is 0 Å². The van der Waals surface area contributed by atoms with E-state index in [-0.39, 0.29) is 5.57 Å². The first-order chi connectivity index (χ1) is 11.0. The molecule has 2 rings (SSSR count). The minimum atomic E-state index is -0.986. The molecule has 0 aliphatic rings. The lowest BCUT2D eigenvalue weighted by Gasteiger charge is -2.08. The Labute approximate surface area is 143 Å². The lowest BCUT2D eigenvalue weighted by atomic mass is 10.0. The van der Waals surface area contributed by atoms with Gasteiger partial charge in [-0.25, -0.2) is 4.79 Å². The zero-order valence-corrected chi connectivity index (χ0v) is 14.5. The second-order valence-electron chi connectivity index (χ2n) is 4.71. The molecule has 0 saturated carbocycles. The van der Waals surface area contributed by atoms with Gasteiger partial charge in [-0.05, 0) is 64.3 Å². The number of halogens is 1. The summed E-state index contributed by atoms with van der Waals surface area (Å²) in [6.07, 6.45) is 1.63. The number of carboxylic acids is 1. The van der Waals surface area contributed by atoms with E-state index in [0.29, 0.717) is 17.9 Å². The maximum atomic E-state index is 11.6. The van der Waals surface area contributed by atoms with E-state index in [0.717, 1.165) is 15.8 Å². The molecule has 0 atom stereocenters. The van der Waals surface area contributed by atoms with Gasteiger partial charge in [0.15, 0.2) is 0 Å². The third-order valence-electron chi connectivity index (χ3n) is 3.20.